The van der Waals surface area contributed by atoms with E-state index in [2.05, 4.69) is 33.0 Å². The Labute approximate surface area is 195 Å². The molecule has 170 valence electrons. The lowest BCUT2D eigenvalue weighted by Crippen LogP contribution is -2.29. The first-order valence-corrected chi connectivity index (χ1v) is 11.5. The van der Waals surface area contributed by atoms with E-state index >= 15 is 0 Å². The molecule has 0 saturated carbocycles. The third kappa shape index (κ3) is 6.35. The number of nitrogens with zero attached hydrogens (tertiary/aromatic N) is 1. The van der Waals surface area contributed by atoms with Crippen LogP contribution in [0.3, 0.4) is 0 Å². The SMILES string of the molecule is O=C(CNc1ccccc1C(=O)NCc1ccccc1)Nc1ccc(N2CCCCC2)cc1. The van der Waals surface area contributed by atoms with Crippen LogP contribution < -0.4 is 20.9 Å². The number of para-hydroxylation sites is 1. The van der Waals surface area contributed by atoms with Gasteiger partial charge in [0, 0.05) is 36.7 Å². The number of nitrogens with one attached hydrogen (secondary N) is 3. The number of carbonyl (C=O) groups is 2. The molecule has 0 bridgehead atoms. The van der Waals surface area contributed by atoms with Crippen LogP contribution in [0.2, 0.25) is 0 Å². The second kappa shape index (κ2) is 11.2. The first kappa shape index (κ1) is 22.4. The highest BCUT2D eigenvalue weighted by Crippen LogP contribution is 2.22. The van der Waals surface area contributed by atoms with Crippen molar-refractivity contribution in [3.05, 3.63) is 90.0 Å². The molecule has 0 radical (unpaired) electrons. The molecule has 3 N–H and O–H groups in total. The summed E-state index contributed by atoms with van der Waals surface area (Å²) in [5.74, 6) is -0.351. The summed E-state index contributed by atoms with van der Waals surface area (Å²) in [7, 11) is 0. The predicted molar refractivity (Wildman–Crippen MR) is 134 cm³/mol. The number of hydrogen-bond donors (Lipinski definition) is 3. The Hall–Kier alpha value is -3.80. The van der Waals surface area contributed by atoms with Gasteiger partial charge in [-0.2, -0.15) is 0 Å². The Morgan fingerprint density at radius 3 is 2.24 bits per heavy atom. The molecule has 6 nitrogen and oxygen atoms in total. The second-order valence-corrected chi connectivity index (χ2v) is 8.21. The van der Waals surface area contributed by atoms with E-state index in [9.17, 15) is 9.59 Å². The molecule has 1 saturated heterocycles. The lowest BCUT2D eigenvalue weighted by Gasteiger charge is -2.28. The fourth-order valence-electron chi connectivity index (χ4n) is 4.00. The lowest BCUT2D eigenvalue weighted by atomic mass is 10.1. The minimum atomic E-state index is -0.185. The zero-order chi connectivity index (χ0) is 22.9. The number of hydrogen-bond acceptors (Lipinski definition) is 4. The molecule has 1 fully saturated rings. The smallest absolute Gasteiger partial charge is 0.253 e. The molecule has 1 aliphatic heterocycles. The van der Waals surface area contributed by atoms with Crippen molar-refractivity contribution in [3.8, 4) is 0 Å². The van der Waals surface area contributed by atoms with Gasteiger partial charge >= 0.3 is 0 Å². The minimum Gasteiger partial charge on any atom is -0.376 e. The molecule has 1 heterocycles. The zero-order valence-corrected chi connectivity index (χ0v) is 18.7. The molecule has 0 spiro atoms. The molecule has 0 aliphatic carbocycles. The Morgan fingerprint density at radius 2 is 1.48 bits per heavy atom. The normalized spacial score (nSPS) is 13.3. The highest BCUT2D eigenvalue weighted by molar-refractivity contribution is 6.00. The number of amides is 2. The van der Waals surface area contributed by atoms with Gasteiger partial charge in [0.05, 0.1) is 12.1 Å². The molecule has 3 aromatic carbocycles. The molecule has 4 rings (SSSR count). The van der Waals surface area contributed by atoms with Crippen LogP contribution >= 0.6 is 0 Å². The van der Waals surface area contributed by atoms with E-state index in [-0.39, 0.29) is 18.4 Å². The topological polar surface area (TPSA) is 73.5 Å². The summed E-state index contributed by atoms with van der Waals surface area (Å²) in [4.78, 5) is 27.5. The van der Waals surface area contributed by atoms with Crippen LogP contribution in [-0.4, -0.2) is 31.4 Å². The fraction of sp³-hybridized carbons (Fsp3) is 0.259. The summed E-state index contributed by atoms with van der Waals surface area (Å²) in [6, 6.07) is 25.0. The molecular formula is C27H30N4O2. The third-order valence-corrected chi connectivity index (χ3v) is 5.78. The maximum Gasteiger partial charge on any atom is 0.253 e. The highest BCUT2D eigenvalue weighted by Gasteiger charge is 2.13. The predicted octanol–water partition coefficient (Wildman–Crippen LogP) is 4.66. The van der Waals surface area contributed by atoms with Gasteiger partial charge in [-0.3, -0.25) is 9.59 Å². The molecule has 0 unspecified atom stereocenters. The molecule has 6 heteroatoms. The summed E-state index contributed by atoms with van der Waals surface area (Å²) in [5.41, 5.74) is 4.12. The van der Waals surface area contributed by atoms with Crippen LogP contribution in [0, 0.1) is 0 Å². The van der Waals surface area contributed by atoms with Crippen LogP contribution in [0.4, 0.5) is 17.1 Å². The van der Waals surface area contributed by atoms with Crippen molar-refractivity contribution in [3.63, 3.8) is 0 Å². The molecule has 0 aromatic heterocycles. The van der Waals surface area contributed by atoms with Gasteiger partial charge in [0.25, 0.3) is 5.91 Å². The molecular weight excluding hydrogens is 412 g/mol. The number of piperidine rings is 1. The summed E-state index contributed by atoms with van der Waals surface area (Å²) in [6.07, 6.45) is 3.77. The highest BCUT2D eigenvalue weighted by atomic mass is 16.2. The maximum absolute atomic E-state index is 12.7. The van der Waals surface area contributed by atoms with Gasteiger partial charge in [-0.1, -0.05) is 42.5 Å². The van der Waals surface area contributed by atoms with Crippen LogP contribution in [0.1, 0.15) is 35.2 Å². The standard InChI is InChI=1S/C27H30N4O2/c32-26(30-22-13-15-23(16-14-22)31-17-7-2-8-18-31)20-28-25-12-6-5-11-24(25)27(33)29-19-21-9-3-1-4-10-21/h1,3-6,9-16,28H,2,7-8,17-20H2,(H,29,33)(H,30,32). The zero-order valence-electron chi connectivity index (χ0n) is 18.7. The van der Waals surface area contributed by atoms with Crippen LogP contribution in [0.25, 0.3) is 0 Å². The summed E-state index contributed by atoms with van der Waals surface area (Å²) >= 11 is 0. The lowest BCUT2D eigenvalue weighted by molar-refractivity contribution is -0.114. The quantitative estimate of drug-likeness (QED) is 0.475. The Balaban J connectivity index is 1.29. The molecule has 33 heavy (non-hydrogen) atoms. The van der Waals surface area contributed by atoms with Crippen molar-refractivity contribution in [1.82, 2.24) is 5.32 Å². The van der Waals surface area contributed by atoms with E-state index in [1.54, 1.807) is 12.1 Å². The average molecular weight is 443 g/mol. The van der Waals surface area contributed by atoms with Gasteiger partial charge in [-0.15, -0.1) is 0 Å². The van der Waals surface area contributed by atoms with E-state index in [0.29, 0.717) is 17.8 Å². The van der Waals surface area contributed by atoms with Crippen molar-refractivity contribution in [2.75, 3.05) is 35.2 Å². The van der Waals surface area contributed by atoms with Crippen molar-refractivity contribution in [2.45, 2.75) is 25.8 Å². The molecule has 3 aromatic rings. The Bertz CT molecular complexity index is 1060. The van der Waals surface area contributed by atoms with Gasteiger partial charge < -0.3 is 20.9 Å². The van der Waals surface area contributed by atoms with E-state index < -0.39 is 0 Å². The van der Waals surface area contributed by atoms with E-state index in [4.69, 9.17) is 0 Å². The first-order chi connectivity index (χ1) is 16.2. The van der Waals surface area contributed by atoms with E-state index in [0.717, 1.165) is 24.3 Å². The number of rotatable bonds is 8. The largest absolute Gasteiger partial charge is 0.376 e. The average Bonchev–Trinajstić information content (AvgIpc) is 2.88. The summed E-state index contributed by atoms with van der Waals surface area (Å²) in [6.45, 7) is 2.70. The molecule has 0 atom stereocenters. The number of anilines is 3. The van der Waals surface area contributed by atoms with Crippen LogP contribution in [-0.2, 0) is 11.3 Å². The maximum atomic E-state index is 12.7. The van der Waals surface area contributed by atoms with E-state index in [1.807, 2.05) is 54.6 Å². The van der Waals surface area contributed by atoms with Crippen molar-refractivity contribution in [1.29, 1.82) is 0 Å². The number of benzene rings is 3. The first-order valence-electron chi connectivity index (χ1n) is 11.5. The van der Waals surface area contributed by atoms with E-state index in [1.165, 1.54) is 24.9 Å². The van der Waals surface area contributed by atoms with Crippen molar-refractivity contribution >= 4 is 28.9 Å². The Kier molecular flexibility index (Phi) is 7.59. The van der Waals surface area contributed by atoms with Crippen molar-refractivity contribution < 1.29 is 9.59 Å². The third-order valence-electron chi connectivity index (χ3n) is 5.78. The minimum absolute atomic E-state index is 0.0663. The van der Waals surface area contributed by atoms with Crippen molar-refractivity contribution in [2.24, 2.45) is 0 Å². The second-order valence-electron chi connectivity index (χ2n) is 8.21. The summed E-state index contributed by atoms with van der Waals surface area (Å²) in [5, 5.41) is 8.94. The van der Waals surface area contributed by atoms with Crippen LogP contribution in [0.5, 0.6) is 0 Å². The van der Waals surface area contributed by atoms with Gasteiger partial charge in [0.15, 0.2) is 0 Å². The Morgan fingerprint density at radius 1 is 0.788 bits per heavy atom. The van der Waals surface area contributed by atoms with Crippen LogP contribution in [0.15, 0.2) is 78.9 Å². The summed E-state index contributed by atoms with van der Waals surface area (Å²) < 4.78 is 0. The molecule has 1 aliphatic rings. The van der Waals surface area contributed by atoms with Gasteiger partial charge in [-0.25, -0.2) is 0 Å². The van der Waals surface area contributed by atoms with Gasteiger partial charge in [-0.05, 0) is 61.2 Å². The number of carbonyl (C=O) groups excluding carboxylic acids is 2. The monoisotopic (exact) mass is 442 g/mol. The molecule has 2 amide bonds. The fourth-order valence-corrected chi connectivity index (χ4v) is 4.00. The van der Waals surface area contributed by atoms with Gasteiger partial charge in [0.1, 0.15) is 0 Å². The van der Waals surface area contributed by atoms with Gasteiger partial charge in [0.2, 0.25) is 5.91 Å².